The molecule has 0 heterocycles. The van der Waals surface area contributed by atoms with E-state index in [1.165, 1.54) is 6.07 Å². The lowest BCUT2D eigenvalue weighted by Gasteiger charge is -2.24. The molecule has 1 rings (SSSR count). The largest absolute Gasteiger partial charge is 0.339 e. The van der Waals surface area contributed by atoms with Gasteiger partial charge in [-0.25, -0.2) is 13.6 Å². The van der Waals surface area contributed by atoms with Crippen molar-refractivity contribution in [3.8, 4) is 0 Å². The highest BCUT2D eigenvalue weighted by Crippen LogP contribution is 2.21. The molecule has 0 aromatic heterocycles. The molecule has 0 bridgehead atoms. The number of sulfonamides is 1. The van der Waals surface area contributed by atoms with E-state index in [4.69, 9.17) is 5.14 Å². The highest BCUT2D eigenvalue weighted by atomic mass is 32.2. The molecular weight excluding hydrogens is 288 g/mol. The van der Waals surface area contributed by atoms with Gasteiger partial charge in [0.25, 0.3) is 5.91 Å². The Kier molecular flexibility index (Phi) is 5.53. The maximum absolute atomic E-state index is 12.6. The lowest BCUT2D eigenvalue weighted by molar-refractivity contribution is 0.0745. The van der Waals surface area contributed by atoms with Gasteiger partial charge in [0.15, 0.2) is 0 Å². The fourth-order valence-corrected chi connectivity index (χ4v) is 3.13. The van der Waals surface area contributed by atoms with Crippen LogP contribution in [0.2, 0.25) is 0 Å². The number of amides is 1. The maximum atomic E-state index is 12.6. The number of nitrogens with zero attached hydrogens (tertiary/aromatic N) is 1. The molecule has 1 aromatic carbocycles. The van der Waals surface area contributed by atoms with Crippen LogP contribution in [0, 0.1) is 19.8 Å². The van der Waals surface area contributed by atoms with E-state index in [9.17, 15) is 13.2 Å². The van der Waals surface area contributed by atoms with Crippen LogP contribution in [0.1, 0.15) is 42.3 Å². The minimum absolute atomic E-state index is 0.0112. The van der Waals surface area contributed by atoms with Gasteiger partial charge in [-0.2, -0.15) is 0 Å². The molecule has 0 spiro atoms. The van der Waals surface area contributed by atoms with Gasteiger partial charge in [-0.3, -0.25) is 4.79 Å². The molecule has 2 N–H and O–H groups in total. The lowest BCUT2D eigenvalue weighted by Crippen LogP contribution is -2.34. The first-order valence-electron chi connectivity index (χ1n) is 7.01. The summed E-state index contributed by atoms with van der Waals surface area (Å²) in [5, 5.41) is 5.21. The van der Waals surface area contributed by atoms with Gasteiger partial charge < -0.3 is 4.90 Å². The number of nitrogens with two attached hydrogens (primary N) is 1. The Bertz CT molecular complexity index is 637. The first kappa shape index (κ1) is 17.7. The minimum Gasteiger partial charge on any atom is -0.339 e. The molecular formula is C15H24N2O3S. The number of benzene rings is 1. The number of hydrogen-bond donors (Lipinski definition) is 1. The molecule has 5 nitrogen and oxygen atoms in total. The normalized spacial score (nSPS) is 11.8. The molecule has 0 aliphatic heterocycles. The van der Waals surface area contributed by atoms with Crippen LogP contribution in [-0.4, -0.2) is 32.3 Å². The SMILES string of the molecule is CCN(CC(C)C)C(=O)c1cc(S(N)(=O)=O)c(C)cc1C. The van der Waals surface area contributed by atoms with Gasteiger partial charge in [-0.15, -0.1) is 0 Å². The van der Waals surface area contributed by atoms with Gasteiger partial charge in [0.1, 0.15) is 0 Å². The summed E-state index contributed by atoms with van der Waals surface area (Å²) in [5.74, 6) is 0.186. The van der Waals surface area contributed by atoms with Gasteiger partial charge in [-0.1, -0.05) is 19.9 Å². The predicted molar refractivity (Wildman–Crippen MR) is 83.7 cm³/mol. The first-order valence-corrected chi connectivity index (χ1v) is 8.55. The highest BCUT2D eigenvalue weighted by molar-refractivity contribution is 7.89. The zero-order valence-corrected chi connectivity index (χ0v) is 14.1. The van der Waals surface area contributed by atoms with Crippen molar-refractivity contribution >= 4 is 15.9 Å². The number of carbonyl (C=O) groups excluding carboxylic acids is 1. The molecule has 0 fully saturated rings. The molecule has 0 aliphatic rings. The minimum atomic E-state index is -3.83. The summed E-state index contributed by atoms with van der Waals surface area (Å²) in [7, 11) is -3.83. The second kappa shape index (κ2) is 6.58. The standard InChI is InChI=1S/C15H24N2O3S/c1-6-17(9-10(2)3)15(18)13-8-14(21(16,19)20)12(5)7-11(13)4/h7-8,10H,6,9H2,1-5H3,(H2,16,19,20). The van der Waals surface area contributed by atoms with E-state index >= 15 is 0 Å². The molecule has 0 aliphatic carbocycles. The summed E-state index contributed by atoms with van der Waals surface area (Å²) in [5.41, 5.74) is 1.71. The molecule has 118 valence electrons. The smallest absolute Gasteiger partial charge is 0.254 e. The average Bonchev–Trinajstić information content (AvgIpc) is 2.33. The van der Waals surface area contributed by atoms with E-state index in [1.807, 2.05) is 20.8 Å². The Morgan fingerprint density at radius 1 is 1.24 bits per heavy atom. The Hall–Kier alpha value is -1.40. The predicted octanol–water partition coefficient (Wildman–Crippen LogP) is 2.07. The summed E-state index contributed by atoms with van der Waals surface area (Å²) < 4.78 is 23.2. The zero-order valence-electron chi connectivity index (χ0n) is 13.3. The van der Waals surface area contributed by atoms with E-state index in [-0.39, 0.29) is 10.8 Å². The average molecular weight is 312 g/mol. The number of aryl methyl sites for hydroxylation is 2. The van der Waals surface area contributed by atoms with Crippen LogP contribution in [0.5, 0.6) is 0 Å². The Balaban J connectivity index is 3.33. The number of rotatable bonds is 5. The second-order valence-corrected chi connectivity index (χ2v) is 7.25. The molecule has 0 unspecified atom stereocenters. The lowest BCUT2D eigenvalue weighted by atomic mass is 10.0. The number of hydrogen-bond acceptors (Lipinski definition) is 3. The summed E-state index contributed by atoms with van der Waals surface area (Å²) in [4.78, 5) is 14.3. The fraction of sp³-hybridized carbons (Fsp3) is 0.533. The van der Waals surface area contributed by atoms with E-state index in [0.29, 0.717) is 30.1 Å². The molecule has 0 radical (unpaired) electrons. The van der Waals surface area contributed by atoms with E-state index in [1.54, 1.807) is 24.8 Å². The topological polar surface area (TPSA) is 80.5 Å². The summed E-state index contributed by atoms with van der Waals surface area (Å²) in [6.45, 7) is 10.7. The van der Waals surface area contributed by atoms with Crippen molar-refractivity contribution in [1.82, 2.24) is 4.90 Å². The van der Waals surface area contributed by atoms with Crippen molar-refractivity contribution in [2.24, 2.45) is 11.1 Å². The van der Waals surface area contributed by atoms with Crippen molar-refractivity contribution in [3.63, 3.8) is 0 Å². The van der Waals surface area contributed by atoms with E-state index < -0.39 is 10.0 Å². The van der Waals surface area contributed by atoms with Crippen LogP contribution in [0.3, 0.4) is 0 Å². The first-order chi connectivity index (χ1) is 9.57. The van der Waals surface area contributed by atoms with Crippen molar-refractivity contribution in [2.75, 3.05) is 13.1 Å². The Morgan fingerprint density at radius 2 is 1.81 bits per heavy atom. The van der Waals surface area contributed by atoms with Crippen LogP contribution in [0.15, 0.2) is 17.0 Å². The van der Waals surface area contributed by atoms with Crippen molar-refractivity contribution in [2.45, 2.75) is 39.5 Å². The third-order valence-corrected chi connectivity index (χ3v) is 4.37. The summed E-state index contributed by atoms with van der Waals surface area (Å²) >= 11 is 0. The van der Waals surface area contributed by atoms with Crippen molar-refractivity contribution in [3.05, 3.63) is 28.8 Å². The highest BCUT2D eigenvalue weighted by Gasteiger charge is 2.21. The van der Waals surface area contributed by atoms with Crippen LogP contribution >= 0.6 is 0 Å². The van der Waals surface area contributed by atoms with Crippen LogP contribution < -0.4 is 5.14 Å². The van der Waals surface area contributed by atoms with Crippen molar-refractivity contribution < 1.29 is 13.2 Å². The molecule has 1 aromatic rings. The van der Waals surface area contributed by atoms with Crippen LogP contribution in [0.25, 0.3) is 0 Å². The third kappa shape index (κ3) is 4.28. The van der Waals surface area contributed by atoms with Crippen molar-refractivity contribution in [1.29, 1.82) is 0 Å². The maximum Gasteiger partial charge on any atom is 0.254 e. The monoisotopic (exact) mass is 312 g/mol. The third-order valence-electron chi connectivity index (χ3n) is 3.31. The summed E-state index contributed by atoms with van der Waals surface area (Å²) in [6.07, 6.45) is 0. The molecule has 21 heavy (non-hydrogen) atoms. The number of carbonyl (C=O) groups is 1. The van der Waals surface area contributed by atoms with Crippen LogP contribution in [-0.2, 0) is 10.0 Å². The van der Waals surface area contributed by atoms with E-state index in [0.717, 1.165) is 5.56 Å². The quantitative estimate of drug-likeness (QED) is 0.903. The fourth-order valence-electron chi connectivity index (χ4n) is 2.34. The van der Waals surface area contributed by atoms with Gasteiger partial charge >= 0.3 is 0 Å². The van der Waals surface area contributed by atoms with Crippen LogP contribution in [0.4, 0.5) is 0 Å². The Morgan fingerprint density at radius 3 is 2.24 bits per heavy atom. The van der Waals surface area contributed by atoms with Gasteiger partial charge in [0, 0.05) is 18.7 Å². The molecule has 6 heteroatoms. The second-order valence-electron chi connectivity index (χ2n) is 5.72. The molecule has 0 atom stereocenters. The molecule has 0 saturated heterocycles. The Labute approximate surface area is 127 Å². The molecule has 1 amide bonds. The van der Waals surface area contributed by atoms with Gasteiger partial charge in [0.05, 0.1) is 4.90 Å². The van der Waals surface area contributed by atoms with Gasteiger partial charge in [-0.05, 0) is 43.9 Å². The summed E-state index contributed by atoms with van der Waals surface area (Å²) in [6, 6.07) is 3.08. The molecule has 0 saturated carbocycles. The van der Waals surface area contributed by atoms with Gasteiger partial charge in [0.2, 0.25) is 10.0 Å². The van der Waals surface area contributed by atoms with E-state index in [2.05, 4.69) is 0 Å². The number of primary sulfonamides is 1. The zero-order chi connectivity index (χ0) is 16.4.